The highest BCUT2D eigenvalue weighted by molar-refractivity contribution is 8.13. The van der Waals surface area contributed by atoms with Gasteiger partial charge >= 0.3 is 0 Å². The molecule has 0 saturated carbocycles. The van der Waals surface area contributed by atoms with E-state index in [0.717, 1.165) is 0 Å². The van der Waals surface area contributed by atoms with Crippen LogP contribution in [0.25, 0.3) is 0 Å². The molecule has 0 aliphatic rings. The topological polar surface area (TPSA) is 43.4 Å². The number of hydrogen-bond acceptors (Lipinski definition) is 3. The van der Waals surface area contributed by atoms with Gasteiger partial charge in [-0.1, -0.05) is 26.0 Å². The van der Waals surface area contributed by atoms with Crippen LogP contribution in [-0.4, -0.2) is 8.42 Å². The first-order chi connectivity index (χ1) is 9.77. The minimum Gasteiger partial charge on any atom is -0.457 e. The van der Waals surface area contributed by atoms with E-state index in [1.807, 2.05) is 24.3 Å². The van der Waals surface area contributed by atoms with Gasteiger partial charge in [-0.15, -0.1) is 0 Å². The summed E-state index contributed by atoms with van der Waals surface area (Å²) in [6.45, 7) is 5.94. The highest BCUT2D eigenvalue weighted by Crippen LogP contribution is 2.28. The molecule has 0 aliphatic heterocycles. The van der Waals surface area contributed by atoms with E-state index in [0.29, 0.717) is 23.0 Å². The number of benzene rings is 2. The Bertz CT molecular complexity index is 735. The molecular weight excluding hydrogens is 308 g/mol. The predicted octanol–water partition coefficient (Wildman–Crippen LogP) is 4.84. The number of ether oxygens (including phenoxy) is 1. The first kappa shape index (κ1) is 15.9. The van der Waals surface area contributed by atoms with E-state index in [1.54, 1.807) is 19.1 Å². The second-order valence-corrected chi connectivity index (χ2v) is 7.73. The van der Waals surface area contributed by atoms with Gasteiger partial charge in [0.2, 0.25) is 0 Å². The van der Waals surface area contributed by atoms with Gasteiger partial charge in [-0.2, -0.15) is 0 Å². The Labute approximate surface area is 129 Å². The minimum atomic E-state index is -3.72. The Morgan fingerprint density at radius 3 is 2.05 bits per heavy atom. The summed E-state index contributed by atoms with van der Waals surface area (Å²) < 4.78 is 28.4. The van der Waals surface area contributed by atoms with Crippen molar-refractivity contribution >= 4 is 19.7 Å². The zero-order chi connectivity index (χ0) is 15.6. The summed E-state index contributed by atoms with van der Waals surface area (Å²) in [6, 6.07) is 12.5. The van der Waals surface area contributed by atoms with Gasteiger partial charge in [0.1, 0.15) is 11.5 Å². The van der Waals surface area contributed by atoms with Crippen LogP contribution in [0.1, 0.15) is 30.9 Å². The second-order valence-electron chi connectivity index (χ2n) is 5.19. The summed E-state index contributed by atoms with van der Waals surface area (Å²) in [4.78, 5) is 0.103. The van der Waals surface area contributed by atoms with Crippen molar-refractivity contribution in [3.8, 4) is 11.5 Å². The van der Waals surface area contributed by atoms with Crippen LogP contribution in [0.4, 0.5) is 0 Å². The quantitative estimate of drug-likeness (QED) is 0.756. The molecule has 2 aromatic carbocycles. The highest BCUT2D eigenvalue weighted by Gasteiger charge is 2.13. The Morgan fingerprint density at radius 1 is 1.00 bits per heavy atom. The fourth-order valence-electron chi connectivity index (χ4n) is 2.02. The lowest BCUT2D eigenvalue weighted by Crippen LogP contribution is -1.95. The molecule has 21 heavy (non-hydrogen) atoms. The van der Waals surface area contributed by atoms with Gasteiger partial charge in [-0.25, -0.2) is 8.42 Å². The number of hydrogen-bond donors (Lipinski definition) is 0. The van der Waals surface area contributed by atoms with Crippen LogP contribution in [0.15, 0.2) is 47.4 Å². The summed E-state index contributed by atoms with van der Waals surface area (Å²) in [5.41, 5.74) is 1.79. The average Bonchev–Trinajstić information content (AvgIpc) is 2.37. The number of halogens is 1. The molecule has 0 radical (unpaired) electrons. The smallest absolute Gasteiger partial charge is 0.261 e. The van der Waals surface area contributed by atoms with Gasteiger partial charge in [-0.3, -0.25) is 0 Å². The Hall–Kier alpha value is -1.52. The molecule has 0 aromatic heterocycles. The third-order valence-electron chi connectivity index (χ3n) is 3.19. The molecule has 0 amide bonds. The van der Waals surface area contributed by atoms with Crippen LogP contribution in [0.5, 0.6) is 11.5 Å². The van der Waals surface area contributed by atoms with Crippen molar-refractivity contribution in [3.63, 3.8) is 0 Å². The maximum Gasteiger partial charge on any atom is 0.261 e. The summed E-state index contributed by atoms with van der Waals surface area (Å²) in [5.74, 6) is 1.75. The van der Waals surface area contributed by atoms with Gasteiger partial charge in [0.25, 0.3) is 9.05 Å². The van der Waals surface area contributed by atoms with Crippen LogP contribution in [0, 0.1) is 6.92 Å². The fraction of sp³-hybridized carbons (Fsp3) is 0.250. The summed E-state index contributed by atoms with van der Waals surface area (Å²) in [6.07, 6.45) is 0. The maximum atomic E-state index is 11.3. The molecule has 0 saturated heterocycles. The van der Waals surface area contributed by atoms with Crippen molar-refractivity contribution in [2.45, 2.75) is 31.6 Å². The van der Waals surface area contributed by atoms with Crippen molar-refractivity contribution in [1.29, 1.82) is 0 Å². The molecule has 0 heterocycles. The summed E-state index contributed by atoms with van der Waals surface area (Å²) in [5, 5.41) is 0. The van der Waals surface area contributed by atoms with E-state index in [-0.39, 0.29) is 4.90 Å². The van der Waals surface area contributed by atoms with E-state index in [1.165, 1.54) is 11.6 Å². The van der Waals surface area contributed by atoms with Crippen molar-refractivity contribution in [1.82, 2.24) is 0 Å². The lowest BCUT2D eigenvalue weighted by atomic mass is 10.0. The van der Waals surface area contributed by atoms with Gasteiger partial charge in [-0.05, 0) is 54.3 Å². The molecule has 2 aromatic rings. The lowest BCUT2D eigenvalue weighted by molar-refractivity contribution is 0.481. The molecule has 112 valence electrons. The normalized spacial score (nSPS) is 11.7. The van der Waals surface area contributed by atoms with Crippen molar-refractivity contribution < 1.29 is 13.2 Å². The largest absolute Gasteiger partial charge is 0.457 e. The molecule has 0 fully saturated rings. The molecule has 3 nitrogen and oxygen atoms in total. The van der Waals surface area contributed by atoms with Gasteiger partial charge < -0.3 is 4.74 Å². The summed E-state index contributed by atoms with van der Waals surface area (Å²) in [7, 11) is 1.63. The SMILES string of the molecule is Cc1cc(Oc2ccc(C(C)C)cc2)ccc1S(=O)(=O)Cl. The number of rotatable bonds is 4. The Kier molecular flexibility index (Phi) is 4.59. The maximum absolute atomic E-state index is 11.3. The molecule has 0 spiro atoms. The van der Waals surface area contributed by atoms with Crippen LogP contribution >= 0.6 is 10.7 Å². The molecule has 0 bridgehead atoms. The standard InChI is InChI=1S/C16H17ClO3S/c1-11(2)13-4-6-14(7-5-13)20-15-8-9-16(12(3)10-15)21(17,18)19/h4-11H,1-3H3. The number of aryl methyl sites for hydroxylation is 1. The van der Waals surface area contributed by atoms with E-state index in [2.05, 4.69) is 13.8 Å². The van der Waals surface area contributed by atoms with Gasteiger partial charge in [0, 0.05) is 10.7 Å². The van der Waals surface area contributed by atoms with Gasteiger partial charge in [0.05, 0.1) is 4.90 Å². The van der Waals surface area contributed by atoms with Crippen LogP contribution < -0.4 is 4.74 Å². The third-order valence-corrected chi connectivity index (χ3v) is 4.67. The van der Waals surface area contributed by atoms with Gasteiger partial charge in [0.15, 0.2) is 0 Å². The molecule has 5 heteroatoms. The van der Waals surface area contributed by atoms with E-state index in [4.69, 9.17) is 15.4 Å². The second kappa shape index (κ2) is 6.08. The lowest BCUT2D eigenvalue weighted by Gasteiger charge is -2.10. The molecule has 0 aliphatic carbocycles. The van der Waals surface area contributed by atoms with Crippen LogP contribution in [0.2, 0.25) is 0 Å². The summed E-state index contributed by atoms with van der Waals surface area (Å²) >= 11 is 0. The molecule has 0 N–H and O–H groups in total. The molecule has 0 unspecified atom stereocenters. The average molecular weight is 325 g/mol. The zero-order valence-corrected chi connectivity index (χ0v) is 13.7. The third kappa shape index (κ3) is 3.99. The van der Waals surface area contributed by atoms with E-state index in [9.17, 15) is 8.42 Å². The van der Waals surface area contributed by atoms with Crippen molar-refractivity contribution in [2.75, 3.05) is 0 Å². The molecule has 2 rings (SSSR count). The van der Waals surface area contributed by atoms with Crippen molar-refractivity contribution in [3.05, 3.63) is 53.6 Å². The first-order valence-electron chi connectivity index (χ1n) is 6.60. The van der Waals surface area contributed by atoms with Crippen molar-refractivity contribution in [2.24, 2.45) is 0 Å². The highest BCUT2D eigenvalue weighted by atomic mass is 35.7. The minimum absolute atomic E-state index is 0.103. The Balaban J connectivity index is 2.22. The fourth-order valence-corrected chi connectivity index (χ4v) is 3.21. The van der Waals surface area contributed by atoms with Crippen LogP contribution in [0.3, 0.4) is 0 Å². The van der Waals surface area contributed by atoms with E-state index >= 15 is 0 Å². The Morgan fingerprint density at radius 2 is 1.57 bits per heavy atom. The molecule has 0 atom stereocenters. The first-order valence-corrected chi connectivity index (χ1v) is 8.91. The molecular formula is C16H17ClO3S. The monoisotopic (exact) mass is 324 g/mol. The van der Waals surface area contributed by atoms with E-state index < -0.39 is 9.05 Å². The zero-order valence-electron chi connectivity index (χ0n) is 12.1. The van der Waals surface area contributed by atoms with Crippen LogP contribution in [-0.2, 0) is 9.05 Å². The predicted molar refractivity (Wildman–Crippen MR) is 84.8 cm³/mol.